The summed E-state index contributed by atoms with van der Waals surface area (Å²) in [4.78, 5) is 17.5. The molecule has 2 aromatic heterocycles. The first-order valence-corrected chi connectivity index (χ1v) is 10.3. The number of benzene rings is 2. The third kappa shape index (κ3) is 3.88. The maximum atomic E-state index is 15.4. The number of carbonyl (C=O) groups is 1. The molecule has 2 aromatic carbocycles. The number of rotatable bonds is 7. The van der Waals surface area contributed by atoms with Gasteiger partial charge >= 0.3 is 0 Å². The number of ether oxygens (including phenoxy) is 2. The van der Waals surface area contributed by atoms with Crippen molar-refractivity contribution in [2.24, 2.45) is 6.98 Å². The summed E-state index contributed by atoms with van der Waals surface area (Å²) in [6.07, 6.45) is 2.60. The van der Waals surface area contributed by atoms with Crippen LogP contribution in [0.3, 0.4) is 0 Å². The maximum absolute atomic E-state index is 15.4. The topological polar surface area (TPSA) is 69.5 Å². The van der Waals surface area contributed by atoms with Gasteiger partial charge in [-0.15, -0.1) is 0 Å². The highest BCUT2D eigenvalue weighted by Crippen LogP contribution is 2.35. The second kappa shape index (κ2) is 8.83. The van der Waals surface area contributed by atoms with Gasteiger partial charge in [0.15, 0.2) is 0 Å². The van der Waals surface area contributed by atoms with E-state index in [0.29, 0.717) is 10.9 Å². The van der Waals surface area contributed by atoms with Crippen molar-refractivity contribution in [1.82, 2.24) is 19.7 Å². The van der Waals surface area contributed by atoms with Crippen LogP contribution in [0.15, 0.2) is 48.8 Å². The van der Waals surface area contributed by atoms with Crippen LogP contribution in [0.2, 0.25) is 0 Å². The lowest BCUT2D eigenvalue weighted by atomic mass is 9.99. The Morgan fingerprint density at radius 1 is 1.18 bits per heavy atom. The second-order valence-corrected chi connectivity index (χ2v) is 7.61. The first-order valence-electron chi connectivity index (χ1n) is 12.8. The molecular weight excluding hydrogens is 442 g/mol. The molecule has 34 heavy (non-hydrogen) atoms. The maximum Gasteiger partial charge on any atom is 0.256 e. The average molecular weight is 470 g/mol. The third-order valence-corrected chi connectivity index (χ3v) is 5.48. The van der Waals surface area contributed by atoms with Gasteiger partial charge in [-0.25, -0.2) is 8.78 Å². The van der Waals surface area contributed by atoms with Crippen LogP contribution in [-0.4, -0.2) is 45.9 Å². The molecule has 1 aliphatic rings. The molecule has 0 radical (unpaired) electrons. The van der Waals surface area contributed by atoms with Crippen molar-refractivity contribution in [3.05, 3.63) is 77.2 Å². The van der Waals surface area contributed by atoms with Crippen molar-refractivity contribution in [2.45, 2.75) is 13.0 Å². The van der Waals surface area contributed by atoms with Crippen molar-refractivity contribution in [1.29, 1.82) is 0 Å². The molecule has 1 amide bonds. The summed E-state index contributed by atoms with van der Waals surface area (Å²) >= 11 is 0. The van der Waals surface area contributed by atoms with E-state index in [1.807, 2.05) is 0 Å². The number of pyridine rings is 1. The van der Waals surface area contributed by atoms with Crippen LogP contribution in [0.25, 0.3) is 22.0 Å². The Morgan fingerprint density at radius 3 is 2.74 bits per heavy atom. The zero-order valence-corrected chi connectivity index (χ0v) is 18.0. The van der Waals surface area contributed by atoms with E-state index in [1.165, 1.54) is 43.8 Å². The van der Waals surface area contributed by atoms with Gasteiger partial charge < -0.3 is 14.4 Å². The lowest BCUT2D eigenvalue weighted by Gasteiger charge is -2.17. The zero-order chi connectivity index (χ0) is 28.1. The van der Waals surface area contributed by atoms with Gasteiger partial charge in [-0.05, 0) is 47.5 Å². The molecule has 0 spiro atoms. The van der Waals surface area contributed by atoms with E-state index in [9.17, 15) is 4.79 Å². The summed E-state index contributed by atoms with van der Waals surface area (Å²) in [6.45, 7) is -5.18. The Morgan fingerprint density at radius 2 is 2.00 bits per heavy atom. The first-order chi connectivity index (χ1) is 18.4. The molecule has 0 saturated heterocycles. The van der Waals surface area contributed by atoms with Crippen LogP contribution in [0, 0.1) is 11.6 Å². The number of halogens is 2. The number of hydrogen-bond donors (Lipinski definition) is 0. The Hall–Kier alpha value is -3.85. The highest BCUT2D eigenvalue weighted by molar-refractivity contribution is 5.98. The van der Waals surface area contributed by atoms with Gasteiger partial charge in [0.1, 0.15) is 29.5 Å². The quantitative estimate of drug-likeness (QED) is 0.381. The number of carbonyl (C=O) groups excluding carboxylic acids is 1. The molecule has 7 nitrogen and oxygen atoms in total. The predicted octanol–water partition coefficient (Wildman–Crippen LogP) is 4.09. The number of fused-ring (bicyclic) bond motifs is 2. The van der Waals surface area contributed by atoms with E-state index in [1.54, 1.807) is 0 Å². The van der Waals surface area contributed by atoms with Crippen molar-refractivity contribution >= 4 is 16.8 Å². The van der Waals surface area contributed by atoms with E-state index in [2.05, 4.69) is 10.1 Å². The van der Waals surface area contributed by atoms with Gasteiger partial charge in [0, 0.05) is 41.5 Å². The summed E-state index contributed by atoms with van der Waals surface area (Å²) < 4.78 is 81.9. The number of hydrogen-bond acceptors (Lipinski definition) is 5. The van der Waals surface area contributed by atoms with Crippen LogP contribution in [0.4, 0.5) is 8.78 Å². The molecule has 0 N–H and O–H groups in total. The first kappa shape index (κ1) is 16.7. The zero-order valence-electron chi connectivity index (χ0n) is 23.0. The third-order valence-electron chi connectivity index (χ3n) is 5.48. The van der Waals surface area contributed by atoms with Gasteiger partial charge in [0.05, 0.1) is 33.6 Å². The fourth-order valence-corrected chi connectivity index (χ4v) is 3.85. The fourth-order valence-electron chi connectivity index (χ4n) is 3.85. The number of amides is 1. The molecule has 5 rings (SSSR count). The minimum Gasteiger partial charge on any atom is -0.489 e. The Kier molecular flexibility index (Phi) is 4.34. The SMILES string of the molecule is [2H]C1([2H])c2ncccc2C(=O)N1Cc1c(F)cc(-c2ccc(OCCOC)c3nn(C([2H])([2H])[2H])cc23)cc1F. The minimum absolute atomic E-state index is 0.0291. The average Bonchev–Trinajstić information content (AvgIpc) is 3.41. The molecule has 4 aromatic rings. The van der Waals surface area contributed by atoms with Crippen molar-refractivity contribution in [3.63, 3.8) is 0 Å². The van der Waals surface area contributed by atoms with Gasteiger partial charge in [0.25, 0.3) is 5.91 Å². The largest absolute Gasteiger partial charge is 0.489 e. The van der Waals surface area contributed by atoms with E-state index < -0.39 is 43.1 Å². The standard InChI is InChI=1S/C25H22F2N4O3/c1-30-12-18-16(5-6-23(24(18)29-30)34-9-8-33-2)15-10-20(26)19(21(27)11-15)13-31-14-22-17(25(31)32)4-3-7-28-22/h3-7,10-12H,8-9,13-14H2,1-2H3/i1D3,14D2. The number of nitrogens with zero attached hydrogens (tertiary/aromatic N) is 4. The van der Waals surface area contributed by atoms with Crippen molar-refractivity contribution in [2.75, 3.05) is 20.3 Å². The van der Waals surface area contributed by atoms with Crippen LogP contribution >= 0.6 is 0 Å². The van der Waals surface area contributed by atoms with Gasteiger partial charge in [-0.3, -0.25) is 14.5 Å². The van der Waals surface area contributed by atoms with Crippen molar-refractivity contribution in [3.8, 4) is 16.9 Å². The second-order valence-electron chi connectivity index (χ2n) is 7.61. The molecular formula is C25H22F2N4O3. The Balaban J connectivity index is 1.54. The predicted molar refractivity (Wildman–Crippen MR) is 121 cm³/mol. The summed E-state index contributed by atoms with van der Waals surface area (Å²) in [5.74, 6) is -2.47. The molecule has 0 bridgehead atoms. The van der Waals surface area contributed by atoms with E-state index >= 15 is 8.78 Å². The lowest BCUT2D eigenvalue weighted by molar-refractivity contribution is 0.0763. The summed E-state index contributed by atoms with van der Waals surface area (Å²) in [5, 5.41) is 4.42. The lowest BCUT2D eigenvalue weighted by Crippen LogP contribution is -2.24. The van der Waals surface area contributed by atoms with Gasteiger partial charge in [0.2, 0.25) is 0 Å². The molecule has 174 valence electrons. The molecule has 0 unspecified atom stereocenters. The molecule has 0 fully saturated rings. The van der Waals surface area contributed by atoms with E-state index in [-0.39, 0.29) is 41.3 Å². The summed E-state index contributed by atoms with van der Waals surface area (Å²) in [5.41, 5.74) is -0.0140. The van der Waals surface area contributed by atoms with E-state index in [4.69, 9.17) is 16.3 Å². The van der Waals surface area contributed by atoms with Gasteiger partial charge in [-0.2, -0.15) is 5.10 Å². The highest BCUT2D eigenvalue weighted by atomic mass is 19.1. The number of aryl methyl sites for hydroxylation is 1. The normalized spacial score (nSPS) is 17.1. The number of aromatic nitrogens is 3. The van der Waals surface area contributed by atoms with Crippen LogP contribution in [-0.2, 0) is 24.8 Å². The van der Waals surface area contributed by atoms with Crippen LogP contribution in [0.5, 0.6) is 5.75 Å². The van der Waals surface area contributed by atoms with E-state index in [0.717, 1.165) is 21.7 Å². The monoisotopic (exact) mass is 469 g/mol. The molecule has 3 heterocycles. The minimum atomic E-state index is -2.60. The summed E-state index contributed by atoms with van der Waals surface area (Å²) in [7, 11) is 1.50. The summed E-state index contributed by atoms with van der Waals surface area (Å²) in [6, 6.07) is 8.05. The smallest absolute Gasteiger partial charge is 0.256 e. The Bertz CT molecular complexity index is 1570. The van der Waals surface area contributed by atoms with Crippen molar-refractivity contribution < 1.29 is 29.9 Å². The Labute approximate surface area is 201 Å². The molecule has 0 aliphatic carbocycles. The molecule has 9 heteroatoms. The van der Waals surface area contributed by atoms with Crippen LogP contribution in [0.1, 0.15) is 28.5 Å². The van der Waals surface area contributed by atoms with Crippen LogP contribution < -0.4 is 4.74 Å². The molecule has 0 saturated carbocycles. The molecule has 1 aliphatic heterocycles. The fraction of sp³-hybridized carbons (Fsp3) is 0.240. The molecule has 0 atom stereocenters. The van der Waals surface area contributed by atoms with Gasteiger partial charge in [-0.1, -0.05) is 0 Å². The highest BCUT2D eigenvalue weighted by Gasteiger charge is 2.29. The number of methoxy groups -OCH3 is 1.